The molecule has 0 bridgehead atoms. The summed E-state index contributed by atoms with van der Waals surface area (Å²) in [7, 11) is 0. The predicted molar refractivity (Wildman–Crippen MR) is 122 cm³/mol. The summed E-state index contributed by atoms with van der Waals surface area (Å²) in [4.78, 5) is 0. The molecule has 162 valence electrons. The van der Waals surface area contributed by atoms with Gasteiger partial charge in [0.2, 0.25) is 0 Å². The minimum Gasteiger partial charge on any atom is -0.251 e. The van der Waals surface area contributed by atoms with Gasteiger partial charge in [-0.1, -0.05) is 67.6 Å². The number of rotatable bonds is 6. The summed E-state index contributed by atoms with van der Waals surface area (Å²) < 4.78 is 27.7. The van der Waals surface area contributed by atoms with Crippen LogP contribution in [-0.2, 0) is 0 Å². The van der Waals surface area contributed by atoms with Crippen molar-refractivity contribution in [1.82, 2.24) is 0 Å². The van der Waals surface area contributed by atoms with Crippen LogP contribution in [0, 0.1) is 30.5 Å². The Hall–Kier alpha value is -1.70. The molecular weight excluding hydrogens is 374 g/mol. The smallest absolute Gasteiger partial charge is 0.127 e. The van der Waals surface area contributed by atoms with Gasteiger partial charge in [-0.2, -0.15) is 0 Å². The first-order chi connectivity index (χ1) is 14.6. The first-order valence-corrected chi connectivity index (χ1v) is 12.0. The molecule has 0 spiro atoms. The van der Waals surface area contributed by atoms with Crippen LogP contribution in [0.3, 0.4) is 0 Å². The van der Waals surface area contributed by atoms with Crippen LogP contribution in [0.25, 0.3) is 11.1 Å². The second kappa shape index (κ2) is 10.1. The molecule has 0 aliphatic heterocycles. The van der Waals surface area contributed by atoms with E-state index in [4.69, 9.17) is 0 Å². The number of alkyl halides is 1. The lowest BCUT2D eigenvalue weighted by atomic mass is 9.74. The highest BCUT2D eigenvalue weighted by Gasteiger charge is 2.26. The molecule has 2 heteroatoms. The summed E-state index contributed by atoms with van der Waals surface area (Å²) in [6, 6.07) is 14.1. The molecule has 0 heterocycles. The standard InChI is InChI=1S/C28H36F2/c1-20-2-12-24(13-3-20)26-16-17-27(28(30)18-26)25-14-10-22(11-15-25)5-4-21-6-8-23(19-29)9-7-21/h2-3,12-13,16-18,21-23,25H,4-11,14-15,19H2,1H3/t21-,22?,23-,25?. The first-order valence-electron chi connectivity index (χ1n) is 12.0. The normalized spacial score (nSPS) is 27.2. The van der Waals surface area contributed by atoms with Gasteiger partial charge in [0.1, 0.15) is 5.82 Å². The maximum atomic E-state index is 14.9. The molecule has 2 aromatic carbocycles. The van der Waals surface area contributed by atoms with Crippen molar-refractivity contribution in [3.05, 3.63) is 59.4 Å². The molecule has 30 heavy (non-hydrogen) atoms. The van der Waals surface area contributed by atoms with Crippen molar-refractivity contribution in [3.8, 4) is 11.1 Å². The molecule has 0 N–H and O–H groups in total. The van der Waals surface area contributed by atoms with Crippen LogP contribution in [0.2, 0.25) is 0 Å². The monoisotopic (exact) mass is 410 g/mol. The van der Waals surface area contributed by atoms with Crippen molar-refractivity contribution in [3.63, 3.8) is 0 Å². The van der Waals surface area contributed by atoms with Crippen LogP contribution in [0.5, 0.6) is 0 Å². The van der Waals surface area contributed by atoms with Gasteiger partial charge in [0.05, 0.1) is 6.67 Å². The molecular formula is C28H36F2. The average molecular weight is 411 g/mol. The van der Waals surface area contributed by atoms with Crippen LogP contribution in [0.15, 0.2) is 42.5 Å². The number of aryl methyl sites for hydroxylation is 1. The third-order valence-electron chi connectivity index (χ3n) is 7.84. The molecule has 0 amide bonds. The van der Waals surface area contributed by atoms with Crippen LogP contribution in [0.4, 0.5) is 8.78 Å². The van der Waals surface area contributed by atoms with Crippen LogP contribution < -0.4 is 0 Å². The maximum Gasteiger partial charge on any atom is 0.127 e. The van der Waals surface area contributed by atoms with Gasteiger partial charge in [-0.05, 0) is 91.9 Å². The Morgan fingerprint density at radius 3 is 1.80 bits per heavy atom. The van der Waals surface area contributed by atoms with Crippen molar-refractivity contribution in [2.75, 3.05) is 6.67 Å². The number of benzene rings is 2. The number of hydrogen-bond acceptors (Lipinski definition) is 0. The molecule has 2 aromatic rings. The molecule has 2 fully saturated rings. The molecule has 0 radical (unpaired) electrons. The Kier molecular flexibility index (Phi) is 7.23. The summed E-state index contributed by atoms with van der Waals surface area (Å²) >= 11 is 0. The molecule has 2 aliphatic rings. The maximum absolute atomic E-state index is 14.9. The topological polar surface area (TPSA) is 0 Å². The Labute approximate surface area is 181 Å². The van der Waals surface area contributed by atoms with E-state index in [9.17, 15) is 8.78 Å². The highest BCUT2D eigenvalue weighted by atomic mass is 19.1. The molecule has 4 rings (SSSR count). The highest BCUT2D eigenvalue weighted by molar-refractivity contribution is 5.64. The van der Waals surface area contributed by atoms with Gasteiger partial charge >= 0.3 is 0 Å². The van der Waals surface area contributed by atoms with E-state index in [0.717, 1.165) is 54.2 Å². The van der Waals surface area contributed by atoms with Crippen LogP contribution in [0.1, 0.15) is 81.3 Å². The largest absolute Gasteiger partial charge is 0.251 e. The van der Waals surface area contributed by atoms with Crippen molar-refractivity contribution < 1.29 is 8.78 Å². The lowest BCUT2D eigenvalue weighted by Crippen LogP contribution is -2.18. The Morgan fingerprint density at radius 1 is 0.700 bits per heavy atom. The van der Waals surface area contributed by atoms with E-state index in [1.807, 2.05) is 6.07 Å². The van der Waals surface area contributed by atoms with E-state index in [1.54, 1.807) is 6.07 Å². The van der Waals surface area contributed by atoms with Gasteiger partial charge in [0.15, 0.2) is 0 Å². The average Bonchev–Trinajstić information content (AvgIpc) is 2.79. The van der Waals surface area contributed by atoms with Crippen molar-refractivity contribution >= 4 is 0 Å². The zero-order valence-corrected chi connectivity index (χ0v) is 18.4. The van der Waals surface area contributed by atoms with E-state index >= 15 is 0 Å². The molecule has 2 saturated carbocycles. The van der Waals surface area contributed by atoms with Gasteiger partial charge in [-0.15, -0.1) is 0 Å². The fourth-order valence-electron chi connectivity index (χ4n) is 5.69. The van der Waals surface area contributed by atoms with E-state index in [0.29, 0.717) is 11.8 Å². The van der Waals surface area contributed by atoms with E-state index in [1.165, 1.54) is 44.1 Å². The summed E-state index contributed by atoms with van der Waals surface area (Å²) in [6.07, 6.45) is 11.9. The van der Waals surface area contributed by atoms with Crippen molar-refractivity contribution in [1.29, 1.82) is 0 Å². The lowest BCUT2D eigenvalue weighted by Gasteiger charge is -2.31. The fourth-order valence-corrected chi connectivity index (χ4v) is 5.69. The number of hydrogen-bond donors (Lipinski definition) is 0. The molecule has 0 nitrogen and oxygen atoms in total. The predicted octanol–water partition coefficient (Wildman–Crippen LogP) is 8.63. The highest BCUT2D eigenvalue weighted by Crippen LogP contribution is 2.41. The van der Waals surface area contributed by atoms with E-state index in [2.05, 4.69) is 37.3 Å². The van der Waals surface area contributed by atoms with Crippen molar-refractivity contribution in [2.45, 2.75) is 77.0 Å². The fraction of sp³-hybridized carbons (Fsp3) is 0.571. The first kappa shape index (κ1) is 21.5. The molecule has 0 unspecified atom stereocenters. The second-order valence-corrected chi connectivity index (χ2v) is 9.94. The third kappa shape index (κ3) is 5.31. The molecule has 0 aromatic heterocycles. The Bertz CT molecular complexity index is 794. The zero-order valence-electron chi connectivity index (χ0n) is 18.4. The van der Waals surface area contributed by atoms with Crippen LogP contribution >= 0.6 is 0 Å². The quantitative estimate of drug-likeness (QED) is 0.447. The van der Waals surface area contributed by atoms with Crippen molar-refractivity contribution in [2.24, 2.45) is 17.8 Å². The zero-order chi connectivity index (χ0) is 20.9. The minimum atomic E-state index is -0.126. The Morgan fingerprint density at radius 2 is 1.23 bits per heavy atom. The van der Waals surface area contributed by atoms with E-state index < -0.39 is 0 Å². The second-order valence-electron chi connectivity index (χ2n) is 9.94. The van der Waals surface area contributed by atoms with Gasteiger partial charge in [0.25, 0.3) is 0 Å². The number of halogens is 2. The SMILES string of the molecule is Cc1ccc(-c2ccc(C3CCC(CC[C@H]4CC[C@H](CF)CC4)CC3)c(F)c2)cc1. The summed E-state index contributed by atoms with van der Waals surface area (Å²) in [5.74, 6) is 2.28. The van der Waals surface area contributed by atoms with Gasteiger partial charge in [-0.25, -0.2) is 4.39 Å². The molecule has 2 aliphatic carbocycles. The summed E-state index contributed by atoms with van der Waals surface area (Å²) in [6.45, 7) is 1.94. The molecule has 0 atom stereocenters. The lowest BCUT2D eigenvalue weighted by molar-refractivity contribution is 0.206. The van der Waals surface area contributed by atoms with Gasteiger partial charge in [0, 0.05) is 0 Å². The van der Waals surface area contributed by atoms with E-state index in [-0.39, 0.29) is 12.5 Å². The third-order valence-corrected chi connectivity index (χ3v) is 7.84. The summed E-state index contributed by atoms with van der Waals surface area (Å²) in [5.41, 5.74) is 4.18. The van der Waals surface area contributed by atoms with Crippen LogP contribution in [-0.4, -0.2) is 6.67 Å². The van der Waals surface area contributed by atoms with Gasteiger partial charge < -0.3 is 0 Å². The minimum absolute atomic E-state index is 0.0406. The van der Waals surface area contributed by atoms with Gasteiger partial charge in [-0.3, -0.25) is 4.39 Å². The summed E-state index contributed by atoms with van der Waals surface area (Å²) in [5, 5.41) is 0. The Balaban J connectivity index is 1.27. The molecule has 0 saturated heterocycles.